The van der Waals surface area contributed by atoms with E-state index in [0.717, 1.165) is 0 Å². The van der Waals surface area contributed by atoms with Gasteiger partial charge in [0.25, 0.3) is 0 Å². The minimum absolute atomic E-state index is 0.617. The van der Waals surface area contributed by atoms with Crippen LogP contribution in [0.4, 0.5) is 0 Å². The molecule has 23 heavy (non-hydrogen) atoms. The van der Waals surface area contributed by atoms with Crippen LogP contribution >= 0.6 is 0 Å². The Labute approximate surface area is 131 Å². The van der Waals surface area contributed by atoms with Crippen LogP contribution in [0.3, 0.4) is 0 Å². The van der Waals surface area contributed by atoms with Gasteiger partial charge in [-0.25, -0.2) is 0 Å². The summed E-state index contributed by atoms with van der Waals surface area (Å²) in [4.78, 5) is 0. The average Bonchev–Trinajstić information content (AvgIpc) is 2.54. The van der Waals surface area contributed by atoms with Crippen molar-refractivity contribution in [2.24, 2.45) is 11.5 Å². The first kappa shape index (κ1) is 18.9. The third-order valence-electron chi connectivity index (χ3n) is 4.38. The molecule has 1 saturated heterocycles. The average molecular weight is 340 g/mol. The van der Waals surface area contributed by atoms with Gasteiger partial charge < -0.3 is 56.7 Å². The fourth-order valence-electron chi connectivity index (χ4n) is 2.80. The molecule has 0 aromatic heterocycles. The minimum atomic E-state index is -1.71. The molecule has 2 aliphatic rings. The minimum Gasteiger partial charge on any atom is -0.394 e. The van der Waals surface area contributed by atoms with Crippen molar-refractivity contribution in [2.75, 3.05) is 6.61 Å². The molecule has 2 rings (SSSR count). The zero-order valence-corrected chi connectivity index (χ0v) is 12.2. The van der Waals surface area contributed by atoms with Crippen molar-refractivity contribution in [1.82, 2.24) is 0 Å². The van der Waals surface area contributed by atoms with E-state index in [1.807, 2.05) is 0 Å². The second-order valence-corrected chi connectivity index (χ2v) is 5.92. The Morgan fingerprint density at radius 2 is 1.26 bits per heavy atom. The molecule has 1 aliphatic carbocycles. The smallest absolute Gasteiger partial charge is 0.176 e. The first-order valence-electron chi connectivity index (χ1n) is 7.22. The van der Waals surface area contributed by atoms with E-state index < -0.39 is 73.8 Å². The summed E-state index contributed by atoms with van der Waals surface area (Å²) < 4.78 is 10.6. The quantitative estimate of drug-likeness (QED) is 0.236. The van der Waals surface area contributed by atoms with Gasteiger partial charge in [0, 0.05) is 0 Å². The van der Waals surface area contributed by atoms with E-state index in [9.17, 15) is 30.6 Å². The monoisotopic (exact) mass is 340 g/mol. The number of hydrogen-bond acceptors (Lipinski definition) is 11. The highest BCUT2D eigenvalue weighted by atomic mass is 16.7. The topological polar surface area (TPSA) is 212 Å². The maximum absolute atomic E-state index is 9.97. The third kappa shape index (κ3) is 3.36. The lowest BCUT2D eigenvalue weighted by molar-refractivity contribution is -0.303. The molecular formula is C12H24N2O9. The van der Waals surface area contributed by atoms with Crippen LogP contribution in [0.1, 0.15) is 0 Å². The second kappa shape index (κ2) is 7.21. The predicted molar refractivity (Wildman–Crippen MR) is 72.6 cm³/mol. The standard InChI is InChI=1S/C12H24N2O9/c13-3-6(17)8(19)9(20)10(21)11(3)23-12-4(14)7(18)5(16)2(1-15)22-12/h2-12,15-21H,1,13-14H2. The fourth-order valence-corrected chi connectivity index (χ4v) is 2.80. The molecule has 2 fully saturated rings. The zero-order valence-electron chi connectivity index (χ0n) is 12.2. The normalized spacial score (nSPS) is 54.9. The lowest BCUT2D eigenvalue weighted by Crippen LogP contribution is -2.70. The van der Waals surface area contributed by atoms with E-state index in [4.69, 9.17) is 26.0 Å². The van der Waals surface area contributed by atoms with Crippen molar-refractivity contribution in [3.8, 4) is 0 Å². The van der Waals surface area contributed by atoms with Gasteiger partial charge >= 0.3 is 0 Å². The molecule has 1 saturated carbocycles. The number of nitrogens with two attached hydrogens (primary N) is 2. The number of hydrogen-bond donors (Lipinski definition) is 9. The SMILES string of the molecule is NC1C(OC2C(N)C(O)C(O)C(O)C2O)OC(CO)C(O)C1O. The van der Waals surface area contributed by atoms with E-state index in [0.29, 0.717) is 0 Å². The fraction of sp³-hybridized carbons (Fsp3) is 1.00. The summed E-state index contributed by atoms with van der Waals surface area (Å²) in [6.45, 7) is -0.617. The first-order chi connectivity index (χ1) is 10.7. The zero-order chi connectivity index (χ0) is 17.5. The van der Waals surface area contributed by atoms with Gasteiger partial charge in [-0.2, -0.15) is 0 Å². The highest BCUT2D eigenvalue weighted by molar-refractivity contribution is 5.02. The van der Waals surface area contributed by atoms with Gasteiger partial charge in [-0.05, 0) is 0 Å². The van der Waals surface area contributed by atoms with Gasteiger partial charge in [0.2, 0.25) is 0 Å². The van der Waals surface area contributed by atoms with Gasteiger partial charge in [0.05, 0.1) is 18.7 Å². The molecule has 11 unspecified atom stereocenters. The molecular weight excluding hydrogens is 316 g/mol. The highest BCUT2D eigenvalue weighted by Crippen LogP contribution is 2.27. The van der Waals surface area contributed by atoms with Crippen molar-refractivity contribution < 1.29 is 45.2 Å². The maximum atomic E-state index is 9.97. The first-order valence-corrected chi connectivity index (χ1v) is 7.22. The second-order valence-electron chi connectivity index (χ2n) is 5.92. The number of rotatable bonds is 3. The third-order valence-corrected chi connectivity index (χ3v) is 4.38. The van der Waals surface area contributed by atoms with Crippen LogP contribution in [0.15, 0.2) is 0 Å². The largest absolute Gasteiger partial charge is 0.394 e. The van der Waals surface area contributed by atoms with Crippen molar-refractivity contribution in [3.63, 3.8) is 0 Å². The Morgan fingerprint density at radius 3 is 1.83 bits per heavy atom. The Bertz CT molecular complexity index is 385. The predicted octanol–water partition coefficient (Wildman–Crippen LogP) is -6.08. The molecule has 136 valence electrons. The van der Waals surface area contributed by atoms with Crippen LogP contribution in [-0.2, 0) is 9.47 Å². The van der Waals surface area contributed by atoms with Gasteiger partial charge in [-0.1, -0.05) is 0 Å². The van der Waals surface area contributed by atoms with E-state index in [-0.39, 0.29) is 0 Å². The van der Waals surface area contributed by atoms with Crippen molar-refractivity contribution >= 4 is 0 Å². The van der Waals surface area contributed by atoms with Crippen LogP contribution in [0.2, 0.25) is 0 Å². The molecule has 11 atom stereocenters. The molecule has 0 spiro atoms. The molecule has 0 aromatic rings. The lowest BCUT2D eigenvalue weighted by Gasteiger charge is -2.46. The van der Waals surface area contributed by atoms with E-state index in [1.165, 1.54) is 0 Å². The Balaban J connectivity index is 2.13. The summed E-state index contributed by atoms with van der Waals surface area (Å²) in [5.74, 6) is 0. The summed E-state index contributed by atoms with van der Waals surface area (Å²) in [5, 5.41) is 67.7. The summed E-state index contributed by atoms with van der Waals surface area (Å²) in [6.07, 6.45) is -13.4. The maximum Gasteiger partial charge on any atom is 0.176 e. The van der Waals surface area contributed by atoms with Crippen LogP contribution in [0, 0.1) is 0 Å². The summed E-state index contributed by atoms with van der Waals surface area (Å²) in [7, 11) is 0. The Hall–Kier alpha value is -0.440. The van der Waals surface area contributed by atoms with Gasteiger partial charge in [0.15, 0.2) is 6.29 Å². The summed E-state index contributed by atoms with van der Waals surface area (Å²) in [5.41, 5.74) is 11.4. The van der Waals surface area contributed by atoms with Gasteiger partial charge in [0.1, 0.15) is 48.8 Å². The molecule has 11 nitrogen and oxygen atoms in total. The van der Waals surface area contributed by atoms with Crippen molar-refractivity contribution in [3.05, 3.63) is 0 Å². The molecule has 1 heterocycles. The molecule has 11 heteroatoms. The highest BCUT2D eigenvalue weighted by Gasteiger charge is 2.51. The van der Waals surface area contributed by atoms with Crippen LogP contribution < -0.4 is 11.5 Å². The molecule has 0 bridgehead atoms. The molecule has 0 aromatic carbocycles. The van der Waals surface area contributed by atoms with Gasteiger partial charge in [-0.3, -0.25) is 0 Å². The summed E-state index contributed by atoms with van der Waals surface area (Å²) in [6, 6.07) is -2.50. The van der Waals surface area contributed by atoms with E-state index in [1.54, 1.807) is 0 Å². The lowest BCUT2D eigenvalue weighted by atomic mass is 9.83. The Kier molecular flexibility index (Phi) is 5.92. The number of ether oxygens (including phenoxy) is 2. The molecule has 11 N–H and O–H groups in total. The molecule has 1 aliphatic heterocycles. The van der Waals surface area contributed by atoms with E-state index in [2.05, 4.69) is 0 Å². The van der Waals surface area contributed by atoms with Crippen LogP contribution in [0.25, 0.3) is 0 Å². The van der Waals surface area contributed by atoms with Crippen molar-refractivity contribution in [1.29, 1.82) is 0 Å². The molecule has 0 amide bonds. The van der Waals surface area contributed by atoms with E-state index >= 15 is 0 Å². The van der Waals surface area contributed by atoms with Crippen molar-refractivity contribution in [2.45, 2.75) is 67.2 Å². The van der Waals surface area contributed by atoms with Gasteiger partial charge in [-0.15, -0.1) is 0 Å². The summed E-state index contributed by atoms with van der Waals surface area (Å²) >= 11 is 0. The number of aliphatic hydroxyl groups excluding tert-OH is 7. The van der Waals surface area contributed by atoms with Crippen LogP contribution in [-0.4, -0.2) is 110 Å². The van der Waals surface area contributed by atoms with Crippen LogP contribution in [0.5, 0.6) is 0 Å². The number of aliphatic hydroxyl groups is 7. The molecule has 0 radical (unpaired) electrons. The Morgan fingerprint density at radius 1 is 0.739 bits per heavy atom.